The summed E-state index contributed by atoms with van der Waals surface area (Å²) in [6.45, 7) is 6.73. The highest BCUT2D eigenvalue weighted by molar-refractivity contribution is 5.90. The molecule has 4 heteroatoms. The third-order valence-electron chi connectivity index (χ3n) is 6.12. The number of anilines is 1. The molecular formula is C17H22FNO2. The van der Waals surface area contributed by atoms with Crippen molar-refractivity contribution in [1.82, 2.24) is 0 Å². The molecule has 3 rings (SSSR count). The molecule has 3 unspecified atom stereocenters. The molecule has 2 aliphatic carbocycles. The Labute approximate surface area is 124 Å². The van der Waals surface area contributed by atoms with Gasteiger partial charge < -0.3 is 10.5 Å². The molecule has 0 radical (unpaired) electrons. The standard InChI is InChI=1S/C17H22FNO2/c1-16(2)11-4-5-17(16,3)14(8-11)21-15(20)10-6-12(18)9-13(19)7-10/h6-7,9,11,14H,4-5,8,19H2,1-3H3. The third-order valence-corrected chi connectivity index (χ3v) is 6.12. The van der Waals surface area contributed by atoms with E-state index in [1.165, 1.54) is 24.6 Å². The van der Waals surface area contributed by atoms with Gasteiger partial charge in [-0.2, -0.15) is 0 Å². The Kier molecular flexibility index (Phi) is 3.05. The molecule has 2 N–H and O–H groups in total. The Hall–Kier alpha value is -1.58. The molecule has 0 spiro atoms. The van der Waals surface area contributed by atoms with E-state index in [4.69, 9.17) is 10.5 Å². The second kappa shape index (κ2) is 4.46. The fraction of sp³-hybridized carbons (Fsp3) is 0.588. The van der Waals surface area contributed by atoms with Gasteiger partial charge in [-0.15, -0.1) is 0 Å². The number of esters is 1. The molecule has 2 saturated carbocycles. The van der Waals surface area contributed by atoms with Gasteiger partial charge in [-0.05, 0) is 48.8 Å². The topological polar surface area (TPSA) is 52.3 Å². The van der Waals surface area contributed by atoms with Crippen LogP contribution in [0.2, 0.25) is 0 Å². The number of carbonyl (C=O) groups is 1. The van der Waals surface area contributed by atoms with Gasteiger partial charge in [-0.3, -0.25) is 0 Å². The highest BCUT2D eigenvalue weighted by Crippen LogP contribution is 2.66. The average molecular weight is 291 g/mol. The maximum Gasteiger partial charge on any atom is 0.338 e. The highest BCUT2D eigenvalue weighted by atomic mass is 19.1. The molecule has 0 saturated heterocycles. The summed E-state index contributed by atoms with van der Waals surface area (Å²) in [7, 11) is 0. The van der Waals surface area contributed by atoms with Crippen LogP contribution in [0.5, 0.6) is 0 Å². The van der Waals surface area contributed by atoms with E-state index in [-0.39, 0.29) is 28.2 Å². The van der Waals surface area contributed by atoms with E-state index in [0.717, 1.165) is 12.8 Å². The zero-order valence-electron chi connectivity index (χ0n) is 12.8. The van der Waals surface area contributed by atoms with E-state index in [1.54, 1.807) is 0 Å². The van der Waals surface area contributed by atoms with Crippen LogP contribution in [-0.4, -0.2) is 12.1 Å². The molecule has 0 heterocycles. The number of rotatable bonds is 2. The van der Waals surface area contributed by atoms with E-state index >= 15 is 0 Å². The number of benzene rings is 1. The largest absolute Gasteiger partial charge is 0.458 e. The van der Waals surface area contributed by atoms with E-state index in [0.29, 0.717) is 5.92 Å². The van der Waals surface area contributed by atoms with Crippen molar-refractivity contribution < 1.29 is 13.9 Å². The summed E-state index contributed by atoms with van der Waals surface area (Å²) in [4.78, 5) is 12.3. The van der Waals surface area contributed by atoms with E-state index in [1.807, 2.05) is 0 Å². The SMILES string of the molecule is CC1(C)C2CCC1(C)C(OC(=O)c1cc(N)cc(F)c1)C2. The zero-order chi connectivity index (χ0) is 15.4. The van der Waals surface area contributed by atoms with Crippen LogP contribution >= 0.6 is 0 Å². The van der Waals surface area contributed by atoms with Gasteiger partial charge in [-0.1, -0.05) is 20.8 Å². The zero-order valence-corrected chi connectivity index (χ0v) is 12.8. The molecule has 3 atom stereocenters. The van der Waals surface area contributed by atoms with Crippen LogP contribution in [0.25, 0.3) is 0 Å². The average Bonchev–Trinajstić information content (AvgIpc) is 2.70. The number of nitrogens with two attached hydrogens (primary N) is 1. The fourth-order valence-corrected chi connectivity index (χ4v) is 4.24. The number of nitrogen functional groups attached to an aromatic ring is 1. The summed E-state index contributed by atoms with van der Waals surface area (Å²) >= 11 is 0. The molecule has 114 valence electrons. The number of hydrogen-bond acceptors (Lipinski definition) is 3. The van der Waals surface area contributed by atoms with E-state index in [9.17, 15) is 9.18 Å². The Morgan fingerprint density at radius 3 is 2.57 bits per heavy atom. The van der Waals surface area contributed by atoms with Crippen molar-refractivity contribution in [2.24, 2.45) is 16.7 Å². The monoisotopic (exact) mass is 291 g/mol. The van der Waals surface area contributed by atoms with Gasteiger partial charge in [0, 0.05) is 11.1 Å². The van der Waals surface area contributed by atoms with Crippen LogP contribution in [0.4, 0.5) is 10.1 Å². The molecule has 3 nitrogen and oxygen atoms in total. The van der Waals surface area contributed by atoms with Gasteiger partial charge in [-0.25, -0.2) is 9.18 Å². The molecule has 1 aromatic rings. The molecule has 0 aliphatic heterocycles. The van der Waals surface area contributed by atoms with Crippen molar-refractivity contribution in [3.05, 3.63) is 29.6 Å². The molecule has 2 bridgehead atoms. The van der Waals surface area contributed by atoms with Crippen LogP contribution in [0, 0.1) is 22.6 Å². The quantitative estimate of drug-likeness (QED) is 0.666. The highest BCUT2D eigenvalue weighted by Gasteiger charge is 2.62. The van der Waals surface area contributed by atoms with E-state index < -0.39 is 11.8 Å². The number of ether oxygens (including phenoxy) is 1. The van der Waals surface area contributed by atoms with Gasteiger partial charge >= 0.3 is 5.97 Å². The fourth-order valence-electron chi connectivity index (χ4n) is 4.24. The second-order valence-electron chi connectivity index (χ2n) is 7.28. The first-order valence-electron chi connectivity index (χ1n) is 7.51. The summed E-state index contributed by atoms with van der Waals surface area (Å²) in [6.07, 6.45) is 3.08. The first-order valence-corrected chi connectivity index (χ1v) is 7.51. The van der Waals surface area contributed by atoms with Gasteiger partial charge in [0.2, 0.25) is 0 Å². The minimum Gasteiger partial charge on any atom is -0.458 e. The molecular weight excluding hydrogens is 269 g/mol. The first kappa shape index (κ1) is 14.4. The summed E-state index contributed by atoms with van der Waals surface area (Å²) < 4.78 is 19.1. The molecule has 2 aliphatic rings. The lowest BCUT2D eigenvalue weighted by Gasteiger charge is -2.38. The van der Waals surface area contributed by atoms with Gasteiger partial charge in [0.25, 0.3) is 0 Å². The Morgan fingerprint density at radius 1 is 1.33 bits per heavy atom. The third kappa shape index (κ3) is 2.03. The normalized spacial score (nSPS) is 33.1. The molecule has 0 aromatic heterocycles. The minimum absolute atomic E-state index is 0.00615. The van der Waals surface area contributed by atoms with E-state index in [2.05, 4.69) is 20.8 Å². The number of halogens is 1. The Balaban J connectivity index is 1.80. The van der Waals surface area contributed by atoms with Crippen molar-refractivity contribution in [2.75, 3.05) is 5.73 Å². The summed E-state index contributed by atoms with van der Waals surface area (Å²) in [5, 5.41) is 0. The number of hydrogen-bond donors (Lipinski definition) is 1. The van der Waals surface area contributed by atoms with Crippen molar-refractivity contribution in [1.29, 1.82) is 0 Å². The lowest BCUT2D eigenvalue weighted by atomic mass is 9.70. The molecule has 2 fully saturated rings. The maximum atomic E-state index is 13.4. The maximum absolute atomic E-state index is 13.4. The number of fused-ring (bicyclic) bond motifs is 2. The van der Waals surface area contributed by atoms with Crippen LogP contribution in [0.3, 0.4) is 0 Å². The van der Waals surface area contributed by atoms with Crippen molar-refractivity contribution in [3.8, 4) is 0 Å². The van der Waals surface area contributed by atoms with Crippen LogP contribution < -0.4 is 5.73 Å². The molecule has 1 aromatic carbocycles. The van der Waals surface area contributed by atoms with Crippen LogP contribution in [0.1, 0.15) is 50.4 Å². The lowest BCUT2D eigenvalue weighted by Crippen LogP contribution is -2.38. The second-order valence-corrected chi connectivity index (χ2v) is 7.28. The summed E-state index contributed by atoms with van der Waals surface area (Å²) in [6, 6.07) is 3.84. The van der Waals surface area contributed by atoms with Gasteiger partial charge in [0.05, 0.1) is 5.56 Å². The van der Waals surface area contributed by atoms with Crippen LogP contribution in [0.15, 0.2) is 18.2 Å². The van der Waals surface area contributed by atoms with Crippen molar-refractivity contribution in [2.45, 2.75) is 46.1 Å². The predicted molar refractivity (Wildman–Crippen MR) is 79.2 cm³/mol. The lowest BCUT2D eigenvalue weighted by molar-refractivity contribution is -0.0242. The molecule has 21 heavy (non-hydrogen) atoms. The predicted octanol–water partition coefficient (Wildman–Crippen LogP) is 3.78. The van der Waals surface area contributed by atoms with Crippen LogP contribution in [-0.2, 0) is 4.74 Å². The first-order chi connectivity index (χ1) is 9.74. The smallest absolute Gasteiger partial charge is 0.338 e. The van der Waals surface area contributed by atoms with Gasteiger partial charge in [0.1, 0.15) is 11.9 Å². The van der Waals surface area contributed by atoms with Crippen molar-refractivity contribution in [3.63, 3.8) is 0 Å². The summed E-state index contributed by atoms with van der Waals surface area (Å²) in [5.41, 5.74) is 6.20. The Morgan fingerprint density at radius 2 is 2.05 bits per heavy atom. The summed E-state index contributed by atoms with van der Waals surface area (Å²) in [5.74, 6) is -0.393. The van der Waals surface area contributed by atoms with Crippen molar-refractivity contribution >= 4 is 11.7 Å². The number of carbonyl (C=O) groups excluding carboxylic acids is 1. The Bertz CT molecular complexity index is 578. The van der Waals surface area contributed by atoms with Gasteiger partial charge in [0.15, 0.2) is 0 Å². The molecule has 0 amide bonds. The minimum atomic E-state index is -0.513.